The summed E-state index contributed by atoms with van der Waals surface area (Å²) in [6, 6.07) is 13.7. The maximum absolute atomic E-state index is 12.1. The van der Waals surface area contributed by atoms with Crippen molar-refractivity contribution < 1.29 is 4.79 Å². The van der Waals surface area contributed by atoms with Gasteiger partial charge in [0, 0.05) is 10.2 Å². The Hall–Kier alpha value is -1.66. The Balaban J connectivity index is 1.71. The second-order valence-corrected chi connectivity index (χ2v) is 7.09. The van der Waals surface area contributed by atoms with Crippen LogP contribution in [0.1, 0.15) is 11.3 Å². The van der Waals surface area contributed by atoms with Crippen LogP contribution in [0.4, 0.5) is 5.82 Å². The van der Waals surface area contributed by atoms with E-state index in [0.717, 1.165) is 15.7 Å². The lowest BCUT2D eigenvalue weighted by Crippen LogP contribution is -2.25. The Kier molecular flexibility index (Phi) is 4.59. The Morgan fingerprint density at radius 1 is 1.27 bits per heavy atom. The fourth-order valence-electron chi connectivity index (χ4n) is 2.12. The highest BCUT2D eigenvalue weighted by atomic mass is 79.9. The van der Waals surface area contributed by atoms with E-state index in [1.807, 2.05) is 49.4 Å². The largest absolute Gasteiger partial charge is 0.304 e. The summed E-state index contributed by atoms with van der Waals surface area (Å²) in [6.07, 6.45) is 0.685. The van der Waals surface area contributed by atoms with E-state index in [0.29, 0.717) is 17.4 Å². The molecule has 1 amide bonds. The van der Waals surface area contributed by atoms with Crippen LogP contribution < -0.4 is 5.32 Å². The number of amidine groups is 1. The standard InChI is InChI=1S/C16H14BrN3OS/c1-10-3-2-4-14(18-10)19-16-20-15(21)13(22-16)9-11-5-7-12(17)8-6-11/h2-8,13H,9H2,1H3,(H,18,19,20,21)/t13-/m1/s1. The van der Waals surface area contributed by atoms with Crippen LogP contribution in [0.15, 0.2) is 51.9 Å². The zero-order valence-electron chi connectivity index (χ0n) is 11.9. The summed E-state index contributed by atoms with van der Waals surface area (Å²) >= 11 is 4.87. The molecule has 1 aromatic heterocycles. The smallest absolute Gasteiger partial charge is 0.239 e. The van der Waals surface area contributed by atoms with Crippen LogP contribution in [0, 0.1) is 6.92 Å². The number of aliphatic imine (C=N–C) groups is 1. The number of amides is 1. The van der Waals surface area contributed by atoms with Gasteiger partial charge in [0.05, 0.1) is 5.25 Å². The third-order valence-corrected chi connectivity index (χ3v) is 4.81. The van der Waals surface area contributed by atoms with Gasteiger partial charge in [-0.2, -0.15) is 0 Å². The van der Waals surface area contributed by atoms with Gasteiger partial charge in [0.15, 0.2) is 11.0 Å². The van der Waals surface area contributed by atoms with Crippen molar-refractivity contribution in [3.05, 3.63) is 58.2 Å². The normalized spacial score (nSPS) is 19.5. The molecule has 0 radical (unpaired) electrons. The summed E-state index contributed by atoms with van der Waals surface area (Å²) < 4.78 is 1.03. The van der Waals surface area contributed by atoms with Crippen molar-refractivity contribution >= 4 is 44.6 Å². The number of aromatic nitrogens is 1. The third kappa shape index (κ3) is 3.75. The maximum atomic E-state index is 12.1. The number of nitrogens with zero attached hydrogens (tertiary/aromatic N) is 2. The quantitative estimate of drug-likeness (QED) is 0.891. The number of carbonyl (C=O) groups excluding carboxylic acids is 1. The molecule has 6 heteroatoms. The van der Waals surface area contributed by atoms with Gasteiger partial charge in [0.2, 0.25) is 5.91 Å². The minimum Gasteiger partial charge on any atom is -0.304 e. The van der Waals surface area contributed by atoms with Crippen LogP contribution in [0.2, 0.25) is 0 Å². The summed E-state index contributed by atoms with van der Waals surface area (Å²) in [6.45, 7) is 1.92. The number of halogens is 1. The summed E-state index contributed by atoms with van der Waals surface area (Å²) in [7, 11) is 0. The van der Waals surface area contributed by atoms with Crippen LogP contribution >= 0.6 is 27.7 Å². The Labute approximate surface area is 141 Å². The molecule has 22 heavy (non-hydrogen) atoms. The lowest BCUT2D eigenvalue weighted by atomic mass is 10.1. The number of aryl methyl sites for hydroxylation is 1. The van der Waals surface area contributed by atoms with Crippen LogP contribution in [-0.2, 0) is 11.2 Å². The average molecular weight is 376 g/mol. The van der Waals surface area contributed by atoms with Crippen LogP contribution in [0.25, 0.3) is 0 Å². The first-order valence-electron chi connectivity index (χ1n) is 6.84. The van der Waals surface area contributed by atoms with Crippen molar-refractivity contribution in [2.24, 2.45) is 4.99 Å². The summed E-state index contributed by atoms with van der Waals surface area (Å²) in [5.41, 5.74) is 2.04. The molecule has 1 N–H and O–H groups in total. The Morgan fingerprint density at radius 3 is 2.77 bits per heavy atom. The van der Waals surface area contributed by atoms with Crippen LogP contribution in [0.3, 0.4) is 0 Å². The van der Waals surface area contributed by atoms with Crippen molar-refractivity contribution in [2.45, 2.75) is 18.6 Å². The molecule has 0 aliphatic carbocycles. The highest BCUT2D eigenvalue weighted by Gasteiger charge is 2.30. The van der Waals surface area contributed by atoms with Gasteiger partial charge >= 0.3 is 0 Å². The molecule has 1 fully saturated rings. The molecule has 0 spiro atoms. The van der Waals surface area contributed by atoms with Gasteiger partial charge in [-0.3, -0.25) is 4.79 Å². The summed E-state index contributed by atoms with van der Waals surface area (Å²) in [4.78, 5) is 20.8. The van der Waals surface area contributed by atoms with Crippen LogP contribution in [-0.4, -0.2) is 21.3 Å². The fraction of sp³-hybridized carbons (Fsp3) is 0.188. The van der Waals surface area contributed by atoms with Gasteiger partial charge in [-0.05, 0) is 43.2 Å². The van der Waals surface area contributed by atoms with Gasteiger partial charge in [-0.15, -0.1) is 0 Å². The number of hydrogen-bond donors (Lipinski definition) is 1. The predicted octanol–water partition coefficient (Wildman–Crippen LogP) is 3.61. The van der Waals surface area contributed by atoms with Crippen molar-refractivity contribution in [3.8, 4) is 0 Å². The zero-order valence-corrected chi connectivity index (χ0v) is 14.3. The summed E-state index contributed by atoms with van der Waals surface area (Å²) in [5, 5.41) is 3.30. The first-order valence-corrected chi connectivity index (χ1v) is 8.52. The van der Waals surface area contributed by atoms with E-state index in [9.17, 15) is 4.79 Å². The topological polar surface area (TPSA) is 54.4 Å². The van der Waals surface area contributed by atoms with Gasteiger partial charge < -0.3 is 5.32 Å². The molecule has 1 aliphatic rings. The van der Waals surface area contributed by atoms with E-state index >= 15 is 0 Å². The van der Waals surface area contributed by atoms with Gasteiger partial charge in [0.25, 0.3) is 0 Å². The van der Waals surface area contributed by atoms with E-state index in [-0.39, 0.29) is 11.2 Å². The van der Waals surface area contributed by atoms with Crippen molar-refractivity contribution in [1.29, 1.82) is 0 Å². The van der Waals surface area contributed by atoms with Gasteiger partial charge in [-0.25, -0.2) is 9.98 Å². The molecule has 1 aromatic carbocycles. The van der Waals surface area contributed by atoms with Crippen molar-refractivity contribution in [3.63, 3.8) is 0 Å². The number of benzene rings is 1. The van der Waals surface area contributed by atoms with Gasteiger partial charge in [-0.1, -0.05) is 45.9 Å². The second-order valence-electron chi connectivity index (χ2n) is 4.98. The van der Waals surface area contributed by atoms with E-state index in [1.54, 1.807) is 0 Å². The highest BCUT2D eigenvalue weighted by molar-refractivity contribution is 9.10. The molecule has 0 unspecified atom stereocenters. The third-order valence-electron chi connectivity index (χ3n) is 3.20. The first-order chi connectivity index (χ1) is 10.6. The average Bonchev–Trinajstić information content (AvgIpc) is 2.81. The van der Waals surface area contributed by atoms with E-state index in [4.69, 9.17) is 0 Å². The Bertz CT molecular complexity index is 730. The Morgan fingerprint density at radius 2 is 2.05 bits per heavy atom. The molecule has 0 saturated carbocycles. The molecule has 1 atom stereocenters. The van der Waals surface area contributed by atoms with Crippen molar-refractivity contribution in [1.82, 2.24) is 10.3 Å². The van der Waals surface area contributed by atoms with E-state index in [2.05, 4.69) is 31.2 Å². The first kappa shape index (κ1) is 15.2. The minimum absolute atomic E-state index is 0.000628. The molecule has 1 aliphatic heterocycles. The predicted molar refractivity (Wildman–Crippen MR) is 93.4 cm³/mol. The highest BCUT2D eigenvalue weighted by Crippen LogP contribution is 2.25. The number of carbonyl (C=O) groups is 1. The number of hydrogen-bond acceptors (Lipinski definition) is 4. The van der Waals surface area contributed by atoms with Crippen molar-refractivity contribution in [2.75, 3.05) is 0 Å². The van der Waals surface area contributed by atoms with Gasteiger partial charge in [0.1, 0.15) is 0 Å². The molecule has 2 heterocycles. The lowest BCUT2D eigenvalue weighted by Gasteiger charge is -2.05. The molecular weight excluding hydrogens is 362 g/mol. The van der Waals surface area contributed by atoms with E-state index < -0.39 is 0 Å². The second kappa shape index (κ2) is 6.62. The number of rotatable bonds is 3. The zero-order chi connectivity index (χ0) is 15.5. The summed E-state index contributed by atoms with van der Waals surface area (Å²) in [5.74, 6) is 0.617. The molecule has 4 nitrogen and oxygen atoms in total. The molecule has 2 aromatic rings. The maximum Gasteiger partial charge on any atom is 0.239 e. The molecule has 1 saturated heterocycles. The number of thioether (sulfide) groups is 1. The number of nitrogens with one attached hydrogen (secondary N) is 1. The number of pyridine rings is 1. The minimum atomic E-state index is -0.148. The van der Waals surface area contributed by atoms with Crippen LogP contribution in [0.5, 0.6) is 0 Å². The monoisotopic (exact) mass is 375 g/mol. The molecular formula is C16H14BrN3OS. The molecule has 3 rings (SSSR count). The lowest BCUT2D eigenvalue weighted by molar-refractivity contribution is -0.118. The fourth-order valence-corrected chi connectivity index (χ4v) is 3.40. The van der Waals surface area contributed by atoms with E-state index in [1.165, 1.54) is 11.8 Å². The molecule has 112 valence electrons. The molecule has 0 bridgehead atoms. The SMILES string of the molecule is Cc1cccc(/N=C2\NC(=O)[C@@H](Cc3ccc(Br)cc3)S2)n1.